The third-order valence-corrected chi connectivity index (χ3v) is 5.10. The Kier molecular flexibility index (Phi) is 4.56. The summed E-state index contributed by atoms with van der Waals surface area (Å²) in [6.07, 6.45) is 6.34. The number of amides is 1. The maximum Gasteiger partial charge on any atom is 0.259 e. The van der Waals surface area contributed by atoms with Gasteiger partial charge in [-0.2, -0.15) is 5.10 Å². The van der Waals surface area contributed by atoms with Crippen LogP contribution in [0.5, 0.6) is 0 Å². The molecule has 1 aromatic carbocycles. The molecular weight excluding hydrogens is 328 g/mol. The van der Waals surface area contributed by atoms with Crippen molar-refractivity contribution >= 4 is 5.91 Å². The SMILES string of the molecule is CCc1cn[nH]c1[C@@H]1CCCN(C(=O)c2conc2-c2ccccc2)C1. The van der Waals surface area contributed by atoms with Crippen LogP contribution in [0.1, 0.15) is 47.3 Å². The Morgan fingerprint density at radius 3 is 3.00 bits per heavy atom. The molecule has 1 fully saturated rings. The Bertz CT molecular complexity index is 884. The summed E-state index contributed by atoms with van der Waals surface area (Å²) in [6.45, 7) is 3.57. The van der Waals surface area contributed by atoms with E-state index in [4.69, 9.17) is 4.52 Å². The largest absolute Gasteiger partial charge is 0.363 e. The van der Waals surface area contributed by atoms with Gasteiger partial charge in [-0.15, -0.1) is 0 Å². The summed E-state index contributed by atoms with van der Waals surface area (Å²) >= 11 is 0. The highest BCUT2D eigenvalue weighted by Crippen LogP contribution is 2.30. The summed E-state index contributed by atoms with van der Waals surface area (Å²) in [6, 6.07) is 9.67. The molecule has 134 valence electrons. The molecule has 0 aliphatic carbocycles. The van der Waals surface area contributed by atoms with Gasteiger partial charge >= 0.3 is 0 Å². The summed E-state index contributed by atoms with van der Waals surface area (Å²) in [4.78, 5) is 15.0. The molecule has 1 aliphatic heterocycles. The van der Waals surface area contributed by atoms with E-state index >= 15 is 0 Å². The van der Waals surface area contributed by atoms with Gasteiger partial charge in [-0.05, 0) is 24.8 Å². The number of aryl methyl sites for hydroxylation is 1. The van der Waals surface area contributed by atoms with E-state index in [2.05, 4.69) is 22.3 Å². The average molecular weight is 350 g/mol. The number of nitrogens with zero attached hydrogens (tertiary/aromatic N) is 3. The Morgan fingerprint density at radius 2 is 2.19 bits per heavy atom. The molecule has 0 spiro atoms. The highest BCUT2D eigenvalue weighted by atomic mass is 16.5. The molecule has 3 heterocycles. The van der Waals surface area contributed by atoms with E-state index in [9.17, 15) is 4.79 Å². The number of benzene rings is 1. The number of piperidine rings is 1. The first kappa shape index (κ1) is 16.6. The van der Waals surface area contributed by atoms with Crippen LogP contribution in [0.15, 0.2) is 47.3 Å². The molecule has 4 rings (SSSR count). The Balaban J connectivity index is 1.57. The normalized spacial score (nSPS) is 17.4. The van der Waals surface area contributed by atoms with Crippen LogP contribution in [0.3, 0.4) is 0 Å². The number of aromatic amines is 1. The van der Waals surface area contributed by atoms with Crippen molar-refractivity contribution in [3.05, 3.63) is 59.6 Å². The van der Waals surface area contributed by atoms with E-state index in [1.807, 2.05) is 41.4 Å². The van der Waals surface area contributed by atoms with Crippen molar-refractivity contribution in [2.24, 2.45) is 0 Å². The van der Waals surface area contributed by atoms with Crippen LogP contribution in [0.25, 0.3) is 11.3 Å². The number of H-pyrrole nitrogens is 1. The van der Waals surface area contributed by atoms with E-state index < -0.39 is 0 Å². The number of rotatable bonds is 4. The smallest absolute Gasteiger partial charge is 0.259 e. The minimum atomic E-state index is -0.0210. The summed E-state index contributed by atoms with van der Waals surface area (Å²) in [7, 11) is 0. The predicted octanol–water partition coefficient (Wildman–Crippen LogP) is 3.65. The highest BCUT2D eigenvalue weighted by molar-refractivity contribution is 5.99. The third-order valence-electron chi connectivity index (χ3n) is 5.10. The zero-order valence-corrected chi connectivity index (χ0v) is 14.8. The van der Waals surface area contributed by atoms with E-state index in [1.54, 1.807) is 0 Å². The van der Waals surface area contributed by atoms with Crippen molar-refractivity contribution in [3.63, 3.8) is 0 Å². The van der Waals surface area contributed by atoms with Crippen LogP contribution < -0.4 is 0 Å². The quantitative estimate of drug-likeness (QED) is 0.779. The van der Waals surface area contributed by atoms with E-state index in [-0.39, 0.29) is 5.91 Å². The zero-order valence-electron chi connectivity index (χ0n) is 14.8. The summed E-state index contributed by atoms with van der Waals surface area (Å²) in [5.74, 6) is 0.276. The fourth-order valence-electron chi connectivity index (χ4n) is 3.72. The molecular formula is C20H22N4O2. The van der Waals surface area contributed by atoms with Gasteiger partial charge in [-0.3, -0.25) is 9.89 Å². The van der Waals surface area contributed by atoms with Crippen molar-refractivity contribution in [3.8, 4) is 11.3 Å². The first-order valence-electron chi connectivity index (χ1n) is 9.09. The van der Waals surface area contributed by atoms with Gasteiger partial charge in [0.25, 0.3) is 5.91 Å². The molecule has 0 radical (unpaired) electrons. The monoisotopic (exact) mass is 350 g/mol. The number of carbonyl (C=O) groups is 1. The molecule has 1 saturated heterocycles. The topological polar surface area (TPSA) is 75.0 Å². The number of hydrogen-bond donors (Lipinski definition) is 1. The standard InChI is InChI=1S/C20H22N4O2/c1-2-14-11-21-22-18(14)16-9-6-10-24(12-16)20(25)17-13-26-23-19(17)15-7-4-3-5-8-15/h3-5,7-8,11,13,16H,2,6,9-10,12H2,1H3,(H,21,22)/t16-/m1/s1. The maximum absolute atomic E-state index is 13.1. The molecule has 2 aromatic heterocycles. The van der Waals surface area contributed by atoms with Crippen molar-refractivity contribution in [1.29, 1.82) is 0 Å². The third kappa shape index (κ3) is 3.03. The fraction of sp³-hybridized carbons (Fsp3) is 0.350. The summed E-state index contributed by atoms with van der Waals surface area (Å²) < 4.78 is 5.13. The van der Waals surface area contributed by atoms with Gasteiger partial charge in [0.2, 0.25) is 0 Å². The van der Waals surface area contributed by atoms with Gasteiger partial charge < -0.3 is 9.42 Å². The van der Waals surface area contributed by atoms with Crippen molar-refractivity contribution in [1.82, 2.24) is 20.3 Å². The second-order valence-corrected chi connectivity index (χ2v) is 6.70. The number of likely N-dealkylation sites (tertiary alicyclic amines) is 1. The first-order chi connectivity index (χ1) is 12.8. The maximum atomic E-state index is 13.1. The number of carbonyl (C=O) groups excluding carboxylic acids is 1. The minimum absolute atomic E-state index is 0.0210. The van der Waals surface area contributed by atoms with Crippen LogP contribution in [0, 0.1) is 0 Å². The van der Waals surface area contributed by atoms with Crippen molar-refractivity contribution < 1.29 is 9.32 Å². The lowest BCUT2D eigenvalue weighted by atomic mass is 9.91. The van der Waals surface area contributed by atoms with Gasteiger partial charge in [0.05, 0.1) is 6.20 Å². The Hall–Kier alpha value is -2.89. The summed E-state index contributed by atoms with van der Waals surface area (Å²) in [5.41, 5.74) is 4.42. The second kappa shape index (κ2) is 7.15. The van der Waals surface area contributed by atoms with Crippen LogP contribution in [-0.2, 0) is 6.42 Å². The van der Waals surface area contributed by atoms with E-state index in [1.165, 1.54) is 17.5 Å². The van der Waals surface area contributed by atoms with Gasteiger partial charge in [0, 0.05) is 30.3 Å². The molecule has 0 unspecified atom stereocenters. The molecule has 3 aromatic rings. The lowest BCUT2D eigenvalue weighted by molar-refractivity contribution is 0.0705. The number of nitrogens with one attached hydrogen (secondary N) is 1. The lowest BCUT2D eigenvalue weighted by Crippen LogP contribution is -2.39. The Morgan fingerprint density at radius 1 is 1.35 bits per heavy atom. The molecule has 1 atom stereocenters. The lowest BCUT2D eigenvalue weighted by Gasteiger charge is -2.32. The highest BCUT2D eigenvalue weighted by Gasteiger charge is 2.30. The van der Waals surface area contributed by atoms with Crippen LogP contribution in [0.4, 0.5) is 0 Å². The number of hydrogen-bond acceptors (Lipinski definition) is 4. The van der Waals surface area contributed by atoms with E-state index in [0.717, 1.165) is 31.4 Å². The van der Waals surface area contributed by atoms with Crippen molar-refractivity contribution in [2.45, 2.75) is 32.1 Å². The molecule has 0 saturated carbocycles. The molecule has 6 nitrogen and oxygen atoms in total. The minimum Gasteiger partial charge on any atom is -0.363 e. The Labute approximate surface area is 152 Å². The van der Waals surface area contributed by atoms with E-state index in [0.29, 0.717) is 23.7 Å². The van der Waals surface area contributed by atoms with Gasteiger partial charge in [-0.1, -0.05) is 42.4 Å². The fourth-order valence-corrected chi connectivity index (χ4v) is 3.72. The van der Waals surface area contributed by atoms with Gasteiger partial charge in [0.15, 0.2) is 0 Å². The van der Waals surface area contributed by atoms with Crippen LogP contribution >= 0.6 is 0 Å². The van der Waals surface area contributed by atoms with Crippen molar-refractivity contribution in [2.75, 3.05) is 13.1 Å². The second-order valence-electron chi connectivity index (χ2n) is 6.70. The zero-order chi connectivity index (χ0) is 17.9. The van der Waals surface area contributed by atoms with Crippen LogP contribution in [0.2, 0.25) is 0 Å². The number of aromatic nitrogens is 3. The first-order valence-corrected chi connectivity index (χ1v) is 9.09. The molecule has 1 amide bonds. The molecule has 6 heteroatoms. The predicted molar refractivity (Wildman–Crippen MR) is 97.8 cm³/mol. The molecule has 0 bridgehead atoms. The molecule has 26 heavy (non-hydrogen) atoms. The van der Waals surface area contributed by atoms with Crippen LogP contribution in [-0.4, -0.2) is 39.3 Å². The molecule has 1 N–H and O–H groups in total. The average Bonchev–Trinajstić information content (AvgIpc) is 3.37. The molecule has 1 aliphatic rings. The van der Waals surface area contributed by atoms with Gasteiger partial charge in [-0.25, -0.2) is 0 Å². The summed E-state index contributed by atoms with van der Waals surface area (Å²) in [5, 5.41) is 11.4. The van der Waals surface area contributed by atoms with Gasteiger partial charge in [0.1, 0.15) is 17.5 Å².